The lowest BCUT2D eigenvalue weighted by atomic mass is 9.99. The van der Waals surface area contributed by atoms with E-state index in [-0.39, 0.29) is 5.75 Å². The summed E-state index contributed by atoms with van der Waals surface area (Å²) in [5.74, 6) is 1.45. The van der Waals surface area contributed by atoms with Crippen LogP contribution in [-0.2, 0) is 28.6 Å². The van der Waals surface area contributed by atoms with Gasteiger partial charge >= 0.3 is 0 Å². The Morgan fingerprint density at radius 1 is 1.20 bits per heavy atom. The minimum absolute atomic E-state index is 0.0743. The molecule has 3 heterocycles. The fraction of sp³-hybridized carbons (Fsp3) is 0.280. The van der Waals surface area contributed by atoms with Gasteiger partial charge in [0.1, 0.15) is 10.8 Å². The zero-order valence-corrected chi connectivity index (χ0v) is 21.3. The van der Waals surface area contributed by atoms with Gasteiger partial charge in [0.05, 0.1) is 30.3 Å². The second kappa shape index (κ2) is 9.14. The molecule has 2 aromatic carbocycles. The quantitative estimate of drug-likeness (QED) is 0.411. The Balaban J connectivity index is 1.56. The largest absolute Gasteiger partial charge is 0.495 e. The van der Waals surface area contributed by atoms with E-state index in [0.717, 1.165) is 41.9 Å². The number of aromatic nitrogens is 3. The highest BCUT2D eigenvalue weighted by atomic mass is 35.5. The van der Waals surface area contributed by atoms with Crippen molar-refractivity contribution in [3.8, 4) is 11.6 Å². The first-order valence-electron chi connectivity index (χ1n) is 11.2. The van der Waals surface area contributed by atoms with Crippen LogP contribution in [0.3, 0.4) is 0 Å². The maximum Gasteiger partial charge on any atom is 0.229 e. The van der Waals surface area contributed by atoms with Crippen LogP contribution in [0.15, 0.2) is 48.8 Å². The maximum atomic E-state index is 12.0. The van der Waals surface area contributed by atoms with Gasteiger partial charge in [0, 0.05) is 30.9 Å². The molecular formula is C25H26ClN5O3S. The smallest absolute Gasteiger partial charge is 0.229 e. The van der Waals surface area contributed by atoms with Crippen LogP contribution in [-0.4, -0.2) is 54.8 Å². The summed E-state index contributed by atoms with van der Waals surface area (Å²) in [7, 11) is 0.525. The molecule has 0 unspecified atom stereocenters. The van der Waals surface area contributed by atoms with Crippen LogP contribution in [0.4, 0.5) is 11.6 Å². The van der Waals surface area contributed by atoms with Crippen LogP contribution in [0.5, 0.6) is 5.75 Å². The summed E-state index contributed by atoms with van der Waals surface area (Å²) in [5, 5.41) is 4.47. The zero-order valence-electron chi connectivity index (χ0n) is 19.7. The van der Waals surface area contributed by atoms with Gasteiger partial charge in [-0.05, 0) is 48.4 Å². The standard InChI is InChI=1S/C25H26ClN5O3S/c1-30-9-8-16-11-23(34-2)21(10-17(16)13-30)28-25-27-12-20(26)24(29-25)31-14-18(15-35(3,32)33)19-6-4-5-7-22(19)31/h4-7,10-12,14H,8-9,13,15H2,1-3H3,(H,27,28,29). The fourth-order valence-electron chi connectivity index (χ4n) is 4.53. The number of ether oxygens (including phenoxy) is 1. The van der Waals surface area contributed by atoms with E-state index in [1.165, 1.54) is 23.6 Å². The first kappa shape index (κ1) is 23.6. The van der Waals surface area contributed by atoms with Crippen LogP contribution < -0.4 is 10.1 Å². The van der Waals surface area contributed by atoms with Gasteiger partial charge in [-0.3, -0.25) is 4.57 Å². The SMILES string of the molecule is COc1cc2c(cc1Nc1ncc(Cl)c(-n3cc(CS(C)(=O)=O)c4ccccc43)n1)CN(C)CC2. The predicted molar refractivity (Wildman–Crippen MR) is 139 cm³/mol. The van der Waals surface area contributed by atoms with Crippen LogP contribution in [0.2, 0.25) is 5.02 Å². The summed E-state index contributed by atoms with van der Waals surface area (Å²) < 4.78 is 31.5. The molecule has 1 N–H and O–H groups in total. The Labute approximate surface area is 209 Å². The predicted octanol–water partition coefficient (Wildman–Crippen LogP) is 4.36. The van der Waals surface area contributed by atoms with Crippen molar-refractivity contribution in [1.29, 1.82) is 0 Å². The maximum absolute atomic E-state index is 12.0. The van der Waals surface area contributed by atoms with Crippen molar-refractivity contribution in [1.82, 2.24) is 19.4 Å². The van der Waals surface area contributed by atoms with Gasteiger partial charge in [0.2, 0.25) is 5.95 Å². The molecule has 0 bridgehead atoms. The minimum atomic E-state index is -3.22. The van der Waals surface area contributed by atoms with E-state index in [0.29, 0.717) is 22.4 Å². The first-order valence-corrected chi connectivity index (χ1v) is 13.6. The molecule has 8 nitrogen and oxygen atoms in total. The van der Waals surface area contributed by atoms with E-state index in [1.807, 2.05) is 28.8 Å². The number of sulfone groups is 1. The number of anilines is 2. The van der Waals surface area contributed by atoms with E-state index < -0.39 is 9.84 Å². The number of rotatable bonds is 6. The van der Waals surface area contributed by atoms with Gasteiger partial charge in [-0.2, -0.15) is 4.98 Å². The van der Waals surface area contributed by atoms with Crippen molar-refractivity contribution in [2.45, 2.75) is 18.7 Å². The molecule has 182 valence electrons. The van der Waals surface area contributed by atoms with Gasteiger partial charge in [0.15, 0.2) is 15.7 Å². The topological polar surface area (TPSA) is 89.3 Å². The van der Waals surface area contributed by atoms with Gasteiger partial charge in [0.25, 0.3) is 0 Å². The zero-order chi connectivity index (χ0) is 24.7. The molecule has 5 rings (SSSR count). The van der Waals surface area contributed by atoms with Gasteiger partial charge < -0.3 is 15.0 Å². The summed E-state index contributed by atoms with van der Waals surface area (Å²) in [4.78, 5) is 11.4. The van der Waals surface area contributed by atoms with E-state index in [4.69, 9.17) is 21.3 Å². The number of likely N-dealkylation sites (N-methyl/N-ethyl adjacent to an activating group) is 1. The van der Waals surface area contributed by atoms with Crippen molar-refractivity contribution < 1.29 is 13.2 Å². The molecule has 0 saturated heterocycles. The number of hydrogen-bond acceptors (Lipinski definition) is 7. The molecule has 0 spiro atoms. The Kier molecular flexibility index (Phi) is 6.16. The van der Waals surface area contributed by atoms with Crippen LogP contribution in [0.1, 0.15) is 16.7 Å². The molecule has 0 saturated carbocycles. The molecule has 1 aliphatic rings. The molecular weight excluding hydrogens is 486 g/mol. The van der Waals surface area contributed by atoms with Gasteiger partial charge in [-0.25, -0.2) is 13.4 Å². The highest BCUT2D eigenvalue weighted by Gasteiger charge is 2.19. The van der Waals surface area contributed by atoms with Crippen molar-refractivity contribution in [3.63, 3.8) is 0 Å². The summed E-state index contributed by atoms with van der Waals surface area (Å²) in [6, 6.07) is 11.7. The van der Waals surface area contributed by atoms with E-state index in [9.17, 15) is 8.42 Å². The summed E-state index contributed by atoms with van der Waals surface area (Å²) >= 11 is 6.52. The fourth-order valence-corrected chi connectivity index (χ4v) is 5.50. The number of para-hydroxylation sites is 1. The monoisotopic (exact) mass is 511 g/mol. The molecule has 10 heteroatoms. The lowest BCUT2D eigenvalue weighted by molar-refractivity contribution is 0.312. The Morgan fingerprint density at radius 2 is 2.00 bits per heavy atom. The van der Waals surface area contributed by atoms with E-state index in [1.54, 1.807) is 13.3 Å². The number of hydrogen-bond donors (Lipinski definition) is 1. The molecule has 2 aromatic heterocycles. The van der Waals surface area contributed by atoms with Crippen LogP contribution in [0, 0.1) is 0 Å². The molecule has 0 aliphatic carbocycles. The lowest BCUT2D eigenvalue weighted by Crippen LogP contribution is -2.26. The summed E-state index contributed by atoms with van der Waals surface area (Å²) in [6.07, 6.45) is 5.51. The number of benzene rings is 2. The average Bonchev–Trinajstić information content (AvgIpc) is 3.16. The molecule has 35 heavy (non-hydrogen) atoms. The normalized spacial score (nSPS) is 14.2. The van der Waals surface area contributed by atoms with Crippen molar-refractivity contribution >= 4 is 44.0 Å². The average molecular weight is 512 g/mol. The number of nitrogens with zero attached hydrogens (tertiary/aromatic N) is 4. The third-order valence-electron chi connectivity index (χ3n) is 6.14. The number of methoxy groups -OCH3 is 1. The summed E-state index contributed by atoms with van der Waals surface area (Å²) in [5.41, 5.74) is 4.78. The second-order valence-electron chi connectivity index (χ2n) is 8.91. The molecule has 0 fully saturated rings. The highest BCUT2D eigenvalue weighted by Crippen LogP contribution is 2.34. The third-order valence-corrected chi connectivity index (χ3v) is 7.24. The van der Waals surface area contributed by atoms with Crippen LogP contribution >= 0.6 is 11.6 Å². The van der Waals surface area contributed by atoms with Crippen LogP contribution in [0.25, 0.3) is 16.7 Å². The minimum Gasteiger partial charge on any atom is -0.495 e. The van der Waals surface area contributed by atoms with E-state index >= 15 is 0 Å². The molecule has 0 atom stereocenters. The first-order chi connectivity index (χ1) is 16.7. The molecule has 0 radical (unpaired) electrons. The number of fused-ring (bicyclic) bond motifs is 2. The highest BCUT2D eigenvalue weighted by molar-refractivity contribution is 7.89. The van der Waals surface area contributed by atoms with Gasteiger partial charge in [-0.15, -0.1) is 0 Å². The molecule has 1 aliphatic heterocycles. The van der Waals surface area contributed by atoms with Crippen molar-refractivity contribution in [2.24, 2.45) is 0 Å². The molecule has 0 amide bonds. The van der Waals surface area contributed by atoms with Gasteiger partial charge in [-0.1, -0.05) is 29.8 Å². The van der Waals surface area contributed by atoms with Crippen molar-refractivity contribution in [2.75, 3.05) is 32.3 Å². The Morgan fingerprint density at radius 3 is 2.77 bits per heavy atom. The Hall–Kier alpha value is -3.14. The lowest BCUT2D eigenvalue weighted by Gasteiger charge is -2.26. The van der Waals surface area contributed by atoms with Crippen molar-refractivity contribution in [3.05, 3.63) is 70.5 Å². The summed E-state index contributed by atoms with van der Waals surface area (Å²) in [6.45, 7) is 1.87. The number of nitrogens with one attached hydrogen (secondary N) is 1. The van der Waals surface area contributed by atoms with E-state index in [2.05, 4.69) is 34.4 Å². The number of halogens is 1. The Bertz CT molecular complexity index is 1530. The third kappa shape index (κ3) is 4.84. The molecule has 4 aromatic rings. The second-order valence-corrected chi connectivity index (χ2v) is 11.5.